The van der Waals surface area contributed by atoms with E-state index in [4.69, 9.17) is 0 Å². The third kappa shape index (κ3) is 3.33. The number of nitro groups is 1. The number of imidazole rings is 1. The Morgan fingerprint density at radius 2 is 1.79 bits per heavy atom. The van der Waals surface area contributed by atoms with Crippen LogP contribution in [0.25, 0.3) is 16.7 Å². The highest BCUT2D eigenvalue weighted by Crippen LogP contribution is 2.25. The number of anilines is 1. The van der Waals surface area contributed by atoms with Crippen LogP contribution in [0.5, 0.6) is 0 Å². The van der Waals surface area contributed by atoms with Crippen LogP contribution in [0.1, 0.15) is 11.4 Å². The number of carbonyl (C=O) groups excluding carboxylic acids is 1. The molecule has 2 heterocycles. The third-order valence-corrected chi connectivity index (χ3v) is 4.65. The fourth-order valence-electron chi connectivity index (χ4n) is 3.35. The van der Waals surface area contributed by atoms with Crippen LogP contribution in [0.2, 0.25) is 0 Å². The topological polar surface area (TPSA) is 108 Å². The van der Waals surface area contributed by atoms with Crippen molar-refractivity contribution < 1.29 is 9.72 Å². The van der Waals surface area contributed by atoms with Crippen LogP contribution in [0.3, 0.4) is 0 Å². The molecule has 0 radical (unpaired) electrons. The summed E-state index contributed by atoms with van der Waals surface area (Å²) in [6.07, 6.45) is 0. The zero-order valence-corrected chi connectivity index (χ0v) is 15.9. The van der Waals surface area contributed by atoms with Gasteiger partial charge in [0.15, 0.2) is 0 Å². The Morgan fingerprint density at radius 1 is 1.10 bits per heavy atom. The Morgan fingerprint density at radius 3 is 2.48 bits per heavy atom. The van der Waals surface area contributed by atoms with Gasteiger partial charge in [-0.25, -0.2) is 4.98 Å². The van der Waals surface area contributed by atoms with E-state index >= 15 is 0 Å². The number of carbonyl (C=O) groups is 1. The number of aromatic nitrogens is 4. The van der Waals surface area contributed by atoms with Gasteiger partial charge in [0.05, 0.1) is 16.0 Å². The van der Waals surface area contributed by atoms with Crippen molar-refractivity contribution in [3.8, 4) is 5.69 Å². The van der Waals surface area contributed by atoms with E-state index in [0.717, 1.165) is 16.7 Å². The number of aryl methyl sites for hydroxylation is 1. The lowest BCUT2D eigenvalue weighted by Crippen LogP contribution is -2.22. The number of amides is 1. The standard InChI is InChI=1S/C20H18N6O3/c1-13-19(26(28)29)14(2)24(23-13)12-18(27)22-20-21-16-10-6-7-11-17(16)25(20)15-8-4-3-5-9-15/h3-11H,12H2,1-2H3,(H,21,22,27). The van der Waals surface area contributed by atoms with Crippen molar-refractivity contribution in [3.05, 3.63) is 76.1 Å². The third-order valence-electron chi connectivity index (χ3n) is 4.65. The predicted octanol–water partition coefficient (Wildman–Crippen LogP) is 3.39. The summed E-state index contributed by atoms with van der Waals surface area (Å²) in [5, 5.41) is 18.1. The van der Waals surface area contributed by atoms with Gasteiger partial charge in [-0.1, -0.05) is 30.3 Å². The van der Waals surface area contributed by atoms with Crippen LogP contribution >= 0.6 is 0 Å². The van der Waals surface area contributed by atoms with Gasteiger partial charge in [-0.3, -0.25) is 29.5 Å². The minimum Gasteiger partial charge on any atom is -0.294 e. The molecule has 4 rings (SSSR count). The van der Waals surface area contributed by atoms with Crippen molar-refractivity contribution in [2.75, 3.05) is 5.32 Å². The predicted molar refractivity (Wildman–Crippen MR) is 108 cm³/mol. The second-order valence-electron chi connectivity index (χ2n) is 6.58. The van der Waals surface area contributed by atoms with Crippen LogP contribution < -0.4 is 5.32 Å². The number of rotatable bonds is 5. The molecular weight excluding hydrogens is 372 g/mol. The van der Waals surface area contributed by atoms with Gasteiger partial charge in [0, 0.05) is 5.69 Å². The second-order valence-corrected chi connectivity index (χ2v) is 6.58. The molecule has 0 aliphatic rings. The highest BCUT2D eigenvalue weighted by molar-refractivity contribution is 5.92. The number of fused-ring (bicyclic) bond motifs is 1. The maximum absolute atomic E-state index is 12.7. The summed E-state index contributed by atoms with van der Waals surface area (Å²) >= 11 is 0. The van der Waals surface area contributed by atoms with E-state index in [1.807, 2.05) is 59.2 Å². The molecule has 2 aromatic carbocycles. The molecule has 0 spiro atoms. The molecule has 9 heteroatoms. The van der Waals surface area contributed by atoms with Gasteiger partial charge in [0.25, 0.3) is 0 Å². The van der Waals surface area contributed by atoms with Crippen molar-refractivity contribution in [1.82, 2.24) is 19.3 Å². The summed E-state index contributed by atoms with van der Waals surface area (Å²) in [6.45, 7) is 2.97. The molecule has 0 atom stereocenters. The molecule has 0 saturated carbocycles. The molecule has 2 aromatic heterocycles. The van der Waals surface area contributed by atoms with Crippen molar-refractivity contribution in [2.45, 2.75) is 20.4 Å². The van der Waals surface area contributed by atoms with E-state index in [2.05, 4.69) is 15.4 Å². The van der Waals surface area contributed by atoms with Gasteiger partial charge in [0.1, 0.15) is 17.9 Å². The smallest absolute Gasteiger partial charge is 0.294 e. The van der Waals surface area contributed by atoms with Crippen LogP contribution in [0, 0.1) is 24.0 Å². The molecule has 9 nitrogen and oxygen atoms in total. The summed E-state index contributed by atoms with van der Waals surface area (Å²) in [6, 6.07) is 17.2. The Labute approximate surface area is 165 Å². The highest BCUT2D eigenvalue weighted by Gasteiger charge is 2.23. The summed E-state index contributed by atoms with van der Waals surface area (Å²) in [5.41, 5.74) is 2.99. The van der Waals surface area contributed by atoms with Gasteiger partial charge < -0.3 is 0 Å². The number of nitrogens with zero attached hydrogens (tertiary/aromatic N) is 5. The minimum absolute atomic E-state index is 0.0747. The molecular formula is C20H18N6O3. The molecule has 146 valence electrons. The average molecular weight is 390 g/mol. The maximum atomic E-state index is 12.7. The average Bonchev–Trinajstić information content (AvgIpc) is 3.18. The highest BCUT2D eigenvalue weighted by atomic mass is 16.6. The SMILES string of the molecule is Cc1nn(CC(=O)Nc2nc3ccccc3n2-c2ccccc2)c(C)c1[N+](=O)[O-]. The van der Waals surface area contributed by atoms with Gasteiger partial charge in [-0.15, -0.1) is 0 Å². The van der Waals surface area contributed by atoms with Crippen molar-refractivity contribution in [2.24, 2.45) is 0 Å². The van der Waals surface area contributed by atoms with Crippen molar-refractivity contribution >= 4 is 28.6 Å². The molecule has 0 aliphatic heterocycles. The van der Waals surface area contributed by atoms with Gasteiger partial charge in [0.2, 0.25) is 11.9 Å². The molecule has 1 N–H and O–H groups in total. The molecule has 4 aromatic rings. The lowest BCUT2D eigenvalue weighted by molar-refractivity contribution is -0.386. The first kappa shape index (κ1) is 18.4. The molecule has 0 saturated heterocycles. The molecule has 0 fully saturated rings. The number of benzene rings is 2. The summed E-state index contributed by atoms with van der Waals surface area (Å²) < 4.78 is 3.19. The normalized spacial score (nSPS) is 11.0. The fourth-order valence-corrected chi connectivity index (χ4v) is 3.35. The Balaban J connectivity index is 1.67. The molecule has 0 aliphatic carbocycles. The van der Waals surface area contributed by atoms with Crippen LogP contribution in [0.15, 0.2) is 54.6 Å². The van der Waals surface area contributed by atoms with Crippen molar-refractivity contribution in [3.63, 3.8) is 0 Å². The minimum atomic E-state index is -0.485. The Kier molecular flexibility index (Phi) is 4.55. The number of hydrogen-bond donors (Lipinski definition) is 1. The molecule has 1 amide bonds. The fraction of sp³-hybridized carbons (Fsp3) is 0.150. The second kappa shape index (κ2) is 7.19. The molecule has 29 heavy (non-hydrogen) atoms. The van der Waals surface area contributed by atoms with Crippen LogP contribution in [-0.2, 0) is 11.3 Å². The van der Waals surface area contributed by atoms with E-state index in [1.54, 1.807) is 13.8 Å². The van der Waals surface area contributed by atoms with Gasteiger partial charge in [-0.05, 0) is 38.1 Å². The molecule has 0 unspecified atom stereocenters. The Bertz CT molecular complexity index is 1230. The van der Waals surface area contributed by atoms with Crippen molar-refractivity contribution in [1.29, 1.82) is 0 Å². The summed E-state index contributed by atoms with van der Waals surface area (Å²) in [7, 11) is 0. The van der Waals surface area contributed by atoms with E-state index in [-0.39, 0.29) is 23.8 Å². The number of para-hydroxylation sites is 3. The summed E-state index contributed by atoms with van der Waals surface area (Å²) in [5.74, 6) is -0.00332. The first-order valence-corrected chi connectivity index (χ1v) is 8.97. The first-order valence-electron chi connectivity index (χ1n) is 8.97. The van der Waals surface area contributed by atoms with E-state index in [9.17, 15) is 14.9 Å². The quantitative estimate of drug-likeness (QED) is 0.415. The van der Waals surface area contributed by atoms with E-state index < -0.39 is 4.92 Å². The molecule has 0 bridgehead atoms. The van der Waals surface area contributed by atoms with Gasteiger partial charge >= 0.3 is 5.69 Å². The lowest BCUT2D eigenvalue weighted by atomic mass is 10.3. The maximum Gasteiger partial charge on any atom is 0.312 e. The van der Waals surface area contributed by atoms with E-state index in [0.29, 0.717) is 11.6 Å². The monoisotopic (exact) mass is 390 g/mol. The largest absolute Gasteiger partial charge is 0.312 e. The zero-order valence-electron chi connectivity index (χ0n) is 15.9. The zero-order chi connectivity index (χ0) is 20.5. The van der Waals surface area contributed by atoms with Crippen LogP contribution in [-0.4, -0.2) is 30.2 Å². The first-order chi connectivity index (χ1) is 14.0. The Hall–Kier alpha value is -4.01. The number of hydrogen-bond acceptors (Lipinski definition) is 5. The van der Waals surface area contributed by atoms with E-state index in [1.165, 1.54) is 4.68 Å². The summed E-state index contributed by atoms with van der Waals surface area (Å²) in [4.78, 5) is 27.9. The number of nitrogens with one attached hydrogen (secondary N) is 1. The lowest BCUT2D eigenvalue weighted by Gasteiger charge is -2.10. The van der Waals surface area contributed by atoms with Gasteiger partial charge in [-0.2, -0.15) is 5.10 Å². The van der Waals surface area contributed by atoms with Crippen LogP contribution in [0.4, 0.5) is 11.6 Å².